The smallest absolute Gasteiger partial charge is 0.223 e. The monoisotopic (exact) mass is 167 g/mol. The fourth-order valence-electron chi connectivity index (χ4n) is 1.38. The summed E-state index contributed by atoms with van der Waals surface area (Å²) < 4.78 is 0. The molecule has 0 saturated heterocycles. The molecule has 2 N–H and O–H groups in total. The summed E-state index contributed by atoms with van der Waals surface area (Å²) in [6.45, 7) is 2.49. The summed E-state index contributed by atoms with van der Waals surface area (Å²) in [5, 5.41) is 12.1. The molecule has 0 radical (unpaired) electrons. The molecule has 1 rings (SSSR count). The molecular formula is C9H13NO2. The summed E-state index contributed by atoms with van der Waals surface area (Å²) in [6.07, 6.45) is 5.87. The highest BCUT2D eigenvalue weighted by Crippen LogP contribution is 2.37. The van der Waals surface area contributed by atoms with Crippen LogP contribution < -0.4 is 5.32 Å². The molecule has 1 amide bonds. The SMILES string of the molecule is C#CC1(O)CC(C(=O)NCC)C1. The summed E-state index contributed by atoms with van der Waals surface area (Å²) in [6, 6.07) is 0. The van der Waals surface area contributed by atoms with Gasteiger partial charge < -0.3 is 10.4 Å². The lowest BCUT2D eigenvalue weighted by Crippen LogP contribution is -2.49. The summed E-state index contributed by atoms with van der Waals surface area (Å²) >= 11 is 0. The van der Waals surface area contributed by atoms with Crippen molar-refractivity contribution in [2.24, 2.45) is 5.92 Å². The molecule has 1 fully saturated rings. The van der Waals surface area contributed by atoms with Crippen molar-refractivity contribution in [3.63, 3.8) is 0 Å². The van der Waals surface area contributed by atoms with Crippen LogP contribution in [0.3, 0.4) is 0 Å². The fourth-order valence-corrected chi connectivity index (χ4v) is 1.38. The van der Waals surface area contributed by atoms with Gasteiger partial charge in [0.05, 0.1) is 0 Å². The number of hydrogen-bond acceptors (Lipinski definition) is 2. The van der Waals surface area contributed by atoms with Crippen LogP contribution in [0.4, 0.5) is 0 Å². The van der Waals surface area contributed by atoms with Crippen LogP contribution in [-0.4, -0.2) is 23.2 Å². The number of rotatable bonds is 2. The van der Waals surface area contributed by atoms with Crippen molar-refractivity contribution in [3.8, 4) is 12.3 Å². The number of nitrogens with one attached hydrogen (secondary N) is 1. The van der Waals surface area contributed by atoms with E-state index in [1.165, 1.54) is 0 Å². The molecule has 0 heterocycles. The lowest BCUT2D eigenvalue weighted by molar-refractivity contribution is -0.135. The Balaban J connectivity index is 2.35. The van der Waals surface area contributed by atoms with Crippen LogP contribution in [-0.2, 0) is 4.79 Å². The summed E-state index contributed by atoms with van der Waals surface area (Å²) in [5.74, 6) is 2.19. The number of aliphatic hydroxyl groups is 1. The Bertz CT molecular complexity index is 223. The second-order valence-corrected chi connectivity index (χ2v) is 3.18. The van der Waals surface area contributed by atoms with Crippen molar-refractivity contribution in [1.29, 1.82) is 0 Å². The van der Waals surface area contributed by atoms with Gasteiger partial charge in [0.25, 0.3) is 0 Å². The van der Waals surface area contributed by atoms with E-state index in [4.69, 9.17) is 6.42 Å². The molecule has 0 aromatic heterocycles. The first-order chi connectivity index (χ1) is 5.61. The van der Waals surface area contributed by atoms with Gasteiger partial charge in [-0.1, -0.05) is 5.92 Å². The van der Waals surface area contributed by atoms with Gasteiger partial charge in [-0.25, -0.2) is 0 Å². The highest BCUT2D eigenvalue weighted by atomic mass is 16.3. The largest absolute Gasteiger partial charge is 0.378 e. The van der Waals surface area contributed by atoms with Crippen LogP contribution >= 0.6 is 0 Å². The average molecular weight is 167 g/mol. The lowest BCUT2D eigenvalue weighted by Gasteiger charge is -2.38. The maximum atomic E-state index is 11.1. The molecule has 0 unspecified atom stereocenters. The Morgan fingerprint density at radius 3 is 2.83 bits per heavy atom. The van der Waals surface area contributed by atoms with E-state index in [1.54, 1.807) is 0 Å². The molecule has 0 bridgehead atoms. The maximum Gasteiger partial charge on any atom is 0.223 e. The van der Waals surface area contributed by atoms with Gasteiger partial charge in [0.2, 0.25) is 5.91 Å². The van der Waals surface area contributed by atoms with Crippen molar-refractivity contribution in [1.82, 2.24) is 5.32 Å². The quantitative estimate of drug-likeness (QED) is 0.564. The maximum absolute atomic E-state index is 11.1. The van der Waals surface area contributed by atoms with E-state index in [0.717, 1.165) is 0 Å². The van der Waals surface area contributed by atoms with Gasteiger partial charge in [0.1, 0.15) is 5.60 Å². The predicted octanol–water partition coefficient (Wildman–Crippen LogP) is -0.103. The lowest BCUT2D eigenvalue weighted by atomic mass is 9.71. The predicted molar refractivity (Wildman–Crippen MR) is 45.2 cm³/mol. The van der Waals surface area contributed by atoms with Gasteiger partial charge in [-0.3, -0.25) is 4.79 Å². The fraction of sp³-hybridized carbons (Fsp3) is 0.667. The van der Waals surface area contributed by atoms with E-state index in [1.807, 2.05) is 6.92 Å². The van der Waals surface area contributed by atoms with E-state index >= 15 is 0 Å². The molecule has 1 aliphatic carbocycles. The molecule has 12 heavy (non-hydrogen) atoms. The third kappa shape index (κ3) is 1.59. The molecule has 1 aliphatic rings. The minimum Gasteiger partial charge on any atom is -0.378 e. The standard InChI is InChI=1S/C9H13NO2/c1-3-9(12)5-7(6-9)8(11)10-4-2/h1,7,12H,4-6H2,2H3,(H,10,11). The van der Waals surface area contributed by atoms with Crippen molar-refractivity contribution in [2.75, 3.05) is 6.54 Å². The molecule has 0 spiro atoms. The number of terminal acetylenes is 1. The zero-order valence-electron chi connectivity index (χ0n) is 7.13. The Labute approximate surface area is 72.2 Å². The third-order valence-corrected chi connectivity index (χ3v) is 2.16. The first kappa shape index (κ1) is 9.08. The Morgan fingerprint density at radius 2 is 2.42 bits per heavy atom. The van der Waals surface area contributed by atoms with E-state index in [2.05, 4.69) is 11.2 Å². The third-order valence-electron chi connectivity index (χ3n) is 2.16. The van der Waals surface area contributed by atoms with Crippen molar-refractivity contribution in [2.45, 2.75) is 25.4 Å². The molecule has 0 aromatic rings. The minimum absolute atomic E-state index is 0.00238. The number of hydrogen-bond donors (Lipinski definition) is 2. The molecule has 0 aromatic carbocycles. The highest BCUT2D eigenvalue weighted by molar-refractivity contribution is 5.80. The van der Waals surface area contributed by atoms with E-state index in [0.29, 0.717) is 19.4 Å². The summed E-state index contributed by atoms with van der Waals surface area (Å²) in [4.78, 5) is 11.1. The normalized spacial score (nSPS) is 33.2. The van der Waals surface area contributed by atoms with Crippen LogP contribution in [0.5, 0.6) is 0 Å². The molecule has 3 nitrogen and oxygen atoms in total. The summed E-state index contributed by atoms with van der Waals surface area (Å²) in [5.41, 5.74) is -1.02. The number of carbonyl (C=O) groups is 1. The zero-order chi connectivity index (χ0) is 9.19. The van der Waals surface area contributed by atoms with E-state index < -0.39 is 5.60 Å². The zero-order valence-corrected chi connectivity index (χ0v) is 7.13. The van der Waals surface area contributed by atoms with E-state index in [-0.39, 0.29) is 11.8 Å². The van der Waals surface area contributed by atoms with Crippen LogP contribution in [0.1, 0.15) is 19.8 Å². The molecule has 3 heteroatoms. The second-order valence-electron chi connectivity index (χ2n) is 3.18. The first-order valence-corrected chi connectivity index (χ1v) is 4.09. The van der Waals surface area contributed by atoms with Crippen LogP contribution in [0.15, 0.2) is 0 Å². The first-order valence-electron chi connectivity index (χ1n) is 4.09. The molecule has 0 atom stereocenters. The summed E-state index contributed by atoms with van der Waals surface area (Å²) in [7, 11) is 0. The second kappa shape index (κ2) is 3.16. The number of amides is 1. The van der Waals surface area contributed by atoms with E-state index in [9.17, 15) is 9.90 Å². The molecular weight excluding hydrogens is 154 g/mol. The van der Waals surface area contributed by atoms with Gasteiger partial charge in [0.15, 0.2) is 0 Å². The Kier molecular flexibility index (Phi) is 2.39. The Morgan fingerprint density at radius 1 is 1.83 bits per heavy atom. The van der Waals surface area contributed by atoms with Gasteiger partial charge in [-0.15, -0.1) is 6.42 Å². The van der Waals surface area contributed by atoms with Gasteiger partial charge in [-0.2, -0.15) is 0 Å². The molecule has 1 saturated carbocycles. The van der Waals surface area contributed by atoms with Gasteiger partial charge >= 0.3 is 0 Å². The number of carbonyl (C=O) groups excluding carboxylic acids is 1. The van der Waals surface area contributed by atoms with Crippen LogP contribution in [0.2, 0.25) is 0 Å². The van der Waals surface area contributed by atoms with Crippen molar-refractivity contribution >= 4 is 5.91 Å². The average Bonchev–Trinajstić information content (AvgIpc) is 1.99. The van der Waals surface area contributed by atoms with Gasteiger partial charge in [-0.05, 0) is 19.8 Å². The molecule has 0 aliphatic heterocycles. The van der Waals surface area contributed by atoms with Crippen molar-refractivity contribution in [3.05, 3.63) is 0 Å². The topological polar surface area (TPSA) is 49.3 Å². The van der Waals surface area contributed by atoms with Gasteiger partial charge in [0, 0.05) is 12.5 Å². The highest BCUT2D eigenvalue weighted by Gasteiger charge is 2.44. The Hall–Kier alpha value is -1.01. The molecule has 66 valence electrons. The van der Waals surface area contributed by atoms with Crippen molar-refractivity contribution < 1.29 is 9.90 Å². The van der Waals surface area contributed by atoms with Crippen LogP contribution in [0, 0.1) is 18.3 Å². The minimum atomic E-state index is -1.02. The van der Waals surface area contributed by atoms with Crippen LogP contribution in [0.25, 0.3) is 0 Å².